The van der Waals surface area contributed by atoms with Gasteiger partial charge in [-0.15, -0.1) is 0 Å². The molecule has 3 saturated carbocycles. The molecule has 131 heavy (non-hydrogen) atoms. The van der Waals surface area contributed by atoms with E-state index in [0.717, 1.165) is 183 Å². The van der Waals surface area contributed by atoms with Crippen molar-refractivity contribution in [3.63, 3.8) is 0 Å². The number of methoxy groups -OCH3 is 1. The van der Waals surface area contributed by atoms with Crippen molar-refractivity contribution in [1.82, 2.24) is 88.0 Å². The standard InChI is InChI=1S/C33H37F3N8O2.C32H35F3N8O.C32H38N8O/c1-3-42-10-12-43(13-11-42)20-23-5-4-22(14-28(23)33(34,35)36)15-29(45)24-16-26(18-27(17-24)46-2)41-32-37-8-9-44(32)31-19-30(38-21-39-31)40-25-6-7-25;1-2-41-12-14-42(15-13-41)20-24-7-6-22(16-27(24)32(33,34)35)17-28(44)23-4-3-5-26(18-23)40-31-36-10-11-43(31)30-19-29(37-21-38-30)39-25-8-9-25;1-3-38-14-16-39(17-15-38)21-25-7-5-24(6-8-25)18-29(41)26-9-4-23(2)28(19-26)37-32-33-12-13-40(32)31-20-30(34-22-35-31)36-27-10-11-27/h4-5,8-9,14,16-19,21,25H,3,6-7,10-13,15,20H2,1-2H3,(H,37,41)(H,38,39,40);3-7,10-11,16,18-19,21,25H,2,8-9,12-15,17,20H2,1H3,(H,36,40)(H,37,38,39);4-9,12-13,19-20,22,27H,3,10-11,14-18,21H2,1-2H3,(H,33,37)(H,34,35,36). The van der Waals surface area contributed by atoms with Gasteiger partial charge >= 0.3 is 12.4 Å². The number of aryl methyl sites for hydroxylation is 1. The van der Waals surface area contributed by atoms with E-state index in [0.29, 0.717) is 99.0 Å². The van der Waals surface area contributed by atoms with E-state index in [4.69, 9.17) is 4.74 Å². The number of imidazole rings is 3. The van der Waals surface area contributed by atoms with Gasteiger partial charge in [0.25, 0.3) is 0 Å². The van der Waals surface area contributed by atoms with Crippen LogP contribution in [-0.2, 0) is 51.2 Å². The Morgan fingerprint density at radius 2 is 0.763 bits per heavy atom. The molecule has 0 amide bonds. The van der Waals surface area contributed by atoms with Gasteiger partial charge in [0.05, 0.1) is 18.2 Å². The fraction of sp³-hybridized carbons (Fsp3) is 0.381. The molecule has 6 aromatic heterocycles. The lowest BCUT2D eigenvalue weighted by Gasteiger charge is -2.34. The summed E-state index contributed by atoms with van der Waals surface area (Å²) < 4.78 is 95.7. The van der Waals surface area contributed by atoms with Crippen LogP contribution in [0.15, 0.2) is 196 Å². The Hall–Kier alpha value is -12.9. The summed E-state index contributed by atoms with van der Waals surface area (Å²) >= 11 is 0. The number of rotatable bonds is 34. The first kappa shape index (κ1) is 91.5. The Morgan fingerprint density at radius 3 is 1.19 bits per heavy atom. The van der Waals surface area contributed by atoms with E-state index in [1.54, 1.807) is 101 Å². The number of nitrogens with zero attached hydrogens (tertiary/aromatic N) is 18. The van der Waals surface area contributed by atoms with Crippen molar-refractivity contribution in [2.45, 2.75) is 136 Å². The molecule has 34 heteroatoms. The maximum atomic E-state index is 14.2. The van der Waals surface area contributed by atoms with Gasteiger partial charge in [0.15, 0.2) is 17.3 Å². The molecule has 0 unspecified atom stereocenters. The third-order valence-corrected chi connectivity index (χ3v) is 24.4. The van der Waals surface area contributed by atoms with Gasteiger partial charge in [-0.05, 0) is 146 Å². The lowest BCUT2D eigenvalue weighted by Crippen LogP contribution is -2.45. The van der Waals surface area contributed by atoms with Crippen molar-refractivity contribution in [2.75, 3.05) is 137 Å². The Bertz CT molecular complexity index is 5910. The zero-order chi connectivity index (χ0) is 91.1. The number of hydrogen-bond donors (Lipinski definition) is 6. The molecule has 3 aliphatic carbocycles. The highest BCUT2D eigenvalue weighted by Crippen LogP contribution is 2.38. The van der Waals surface area contributed by atoms with Crippen LogP contribution in [0.1, 0.15) is 140 Å². The van der Waals surface area contributed by atoms with Crippen LogP contribution >= 0.6 is 0 Å². The van der Waals surface area contributed by atoms with Crippen LogP contribution in [0.4, 0.5) is 78.7 Å². The summed E-state index contributed by atoms with van der Waals surface area (Å²) in [5, 5.41) is 20.0. The maximum Gasteiger partial charge on any atom is 0.416 e. The number of halogens is 6. The third kappa shape index (κ3) is 25.0. The molecule has 3 aliphatic heterocycles. The largest absolute Gasteiger partial charge is 0.497 e. The molecule has 6 N–H and O–H groups in total. The minimum atomic E-state index is -4.53. The van der Waals surface area contributed by atoms with Gasteiger partial charge in [-0.25, -0.2) is 44.9 Å². The van der Waals surface area contributed by atoms with E-state index < -0.39 is 23.5 Å². The lowest BCUT2D eigenvalue weighted by molar-refractivity contribution is -0.139. The first-order chi connectivity index (χ1) is 63.5. The highest BCUT2D eigenvalue weighted by Gasteiger charge is 2.37. The molecule has 9 heterocycles. The second-order valence-corrected chi connectivity index (χ2v) is 34.1. The van der Waals surface area contributed by atoms with Gasteiger partial charge in [0.2, 0.25) is 17.8 Å². The highest BCUT2D eigenvalue weighted by molar-refractivity contribution is 6.00. The first-order valence-corrected chi connectivity index (χ1v) is 44.9. The van der Waals surface area contributed by atoms with E-state index in [1.165, 1.54) is 50.3 Å². The first-order valence-electron chi connectivity index (χ1n) is 44.9. The molecule has 6 aliphatic rings. The fourth-order valence-corrected chi connectivity index (χ4v) is 16.2. The summed E-state index contributed by atoms with van der Waals surface area (Å²) in [7, 11) is 1.49. The number of carbonyl (C=O) groups excluding carboxylic acids is 3. The highest BCUT2D eigenvalue weighted by atomic mass is 19.4. The summed E-state index contributed by atoms with van der Waals surface area (Å²) in [5.74, 6) is 5.67. The fourth-order valence-electron chi connectivity index (χ4n) is 16.2. The van der Waals surface area contributed by atoms with Crippen LogP contribution in [0.5, 0.6) is 5.75 Å². The van der Waals surface area contributed by atoms with Crippen LogP contribution in [0.25, 0.3) is 17.5 Å². The monoisotopic (exact) mass is 1790 g/mol. The molecular weight excluding hydrogens is 1680 g/mol. The van der Waals surface area contributed by atoms with Crippen LogP contribution in [-0.4, -0.2) is 229 Å². The maximum absolute atomic E-state index is 14.2. The zero-order valence-electron chi connectivity index (χ0n) is 74.2. The average molecular weight is 1790 g/mol. The van der Waals surface area contributed by atoms with Crippen LogP contribution in [0.2, 0.25) is 0 Å². The quantitative estimate of drug-likeness (QED) is 0.0161. The number of ketones is 3. The summed E-state index contributed by atoms with van der Waals surface area (Å²) in [6.07, 6.45) is 12.7. The van der Waals surface area contributed by atoms with Crippen molar-refractivity contribution < 1.29 is 45.5 Å². The molecular formula is C97H110F6N24O4. The summed E-state index contributed by atoms with van der Waals surface area (Å²) in [5.41, 5.74) is 6.38. The predicted molar refractivity (Wildman–Crippen MR) is 493 cm³/mol. The summed E-state index contributed by atoms with van der Waals surface area (Å²) in [4.78, 5) is 93.1. The van der Waals surface area contributed by atoms with E-state index in [1.807, 2.05) is 59.0 Å². The number of piperazine rings is 3. The molecule has 0 bridgehead atoms. The van der Waals surface area contributed by atoms with Gasteiger partial charge in [-0.3, -0.25) is 42.8 Å². The van der Waals surface area contributed by atoms with Crippen molar-refractivity contribution >= 4 is 69.7 Å². The van der Waals surface area contributed by atoms with Gasteiger partial charge in [0, 0.05) is 231 Å². The smallest absolute Gasteiger partial charge is 0.416 e. The molecule has 3 saturated heterocycles. The minimum Gasteiger partial charge on any atom is -0.497 e. The van der Waals surface area contributed by atoms with Crippen LogP contribution < -0.4 is 36.6 Å². The Balaban J connectivity index is 0.000000144. The van der Waals surface area contributed by atoms with Gasteiger partial charge < -0.3 is 51.3 Å². The molecule has 6 aromatic carbocycles. The number of likely N-dealkylation sites (N-methyl/N-ethyl adjacent to an activating group) is 3. The SMILES string of the molecule is CCN1CCN(Cc2ccc(CC(=O)c3cc(Nc4nccn4-c4cc(NC5CC5)ncn4)cc(OC)c3)cc2C(F)(F)F)CC1.CCN1CCN(Cc2ccc(CC(=O)c3ccc(C)c(Nc4nccn4-c4cc(NC5CC5)ncn4)c3)cc2)CC1.CCN1CCN(Cc2ccc(CC(=O)c3cccc(Nc4nccn4-c4cc(NC5CC5)ncn4)c3)cc2C(F)(F)F)CC1. The minimum absolute atomic E-state index is 0.0893. The predicted octanol–water partition coefficient (Wildman–Crippen LogP) is 16.0. The second kappa shape index (κ2) is 41.9. The van der Waals surface area contributed by atoms with E-state index in [9.17, 15) is 40.7 Å². The molecule has 0 spiro atoms. The number of carbonyl (C=O) groups is 3. The van der Waals surface area contributed by atoms with E-state index in [2.05, 4.69) is 146 Å². The topological polar surface area (TPSA) is 283 Å². The third-order valence-electron chi connectivity index (χ3n) is 24.4. The van der Waals surface area contributed by atoms with Crippen molar-refractivity contribution in [3.8, 4) is 23.2 Å². The molecule has 18 rings (SSSR count). The number of aromatic nitrogens is 12. The second-order valence-electron chi connectivity index (χ2n) is 34.1. The molecule has 28 nitrogen and oxygen atoms in total. The summed E-state index contributed by atoms with van der Waals surface area (Å²) in [6.45, 7) is 23.6. The number of alkyl halides is 6. The van der Waals surface area contributed by atoms with Gasteiger partial charge in [0.1, 0.15) is 59.6 Å². The average Bonchev–Trinajstić information content (AvgIpc) is 1.50. The van der Waals surface area contributed by atoms with Crippen molar-refractivity contribution in [2.24, 2.45) is 0 Å². The zero-order valence-corrected chi connectivity index (χ0v) is 74.2. The van der Waals surface area contributed by atoms with Crippen LogP contribution in [0.3, 0.4) is 0 Å². The summed E-state index contributed by atoms with van der Waals surface area (Å²) in [6, 6.07) is 41.6. The number of benzene rings is 6. The number of Topliss-reactive ketones (excluding diaryl/α,β-unsaturated/α-hetero) is 3. The van der Waals surface area contributed by atoms with Crippen molar-refractivity contribution in [3.05, 3.63) is 262 Å². The Labute approximate surface area is 757 Å². The van der Waals surface area contributed by atoms with E-state index in [-0.39, 0.29) is 54.4 Å². The number of ether oxygens (including phenoxy) is 1. The molecule has 684 valence electrons. The molecule has 0 atom stereocenters. The number of anilines is 9. The van der Waals surface area contributed by atoms with Gasteiger partial charge in [-0.2, -0.15) is 26.3 Å². The Kier molecular flexibility index (Phi) is 29.3. The number of hydrogen-bond acceptors (Lipinski definition) is 25. The normalized spacial score (nSPS) is 16.1. The molecule has 6 fully saturated rings. The number of nitrogens with one attached hydrogen (secondary N) is 6. The van der Waals surface area contributed by atoms with Gasteiger partial charge in [-0.1, -0.05) is 93.6 Å². The lowest BCUT2D eigenvalue weighted by atomic mass is 9.97. The molecule has 12 aromatic rings. The van der Waals surface area contributed by atoms with Crippen molar-refractivity contribution in [1.29, 1.82) is 0 Å². The van der Waals surface area contributed by atoms with Crippen LogP contribution in [0, 0.1) is 6.92 Å². The Morgan fingerprint density at radius 1 is 0.382 bits per heavy atom. The van der Waals surface area contributed by atoms with E-state index >= 15 is 0 Å². The molecule has 0 radical (unpaired) electrons.